The molecule has 16 nitrogen and oxygen atoms in total. The lowest BCUT2D eigenvalue weighted by Gasteiger charge is -2.39. The Kier molecular flexibility index (Phi) is 12.8. The van der Waals surface area contributed by atoms with Crippen molar-refractivity contribution < 1.29 is 19.2 Å². The summed E-state index contributed by atoms with van der Waals surface area (Å²) in [5.74, 6) is 0.860. The molecule has 328 valence electrons. The number of nitrogens with zero attached hydrogens (tertiary/aromatic N) is 9. The Morgan fingerprint density at radius 1 is 0.889 bits per heavy atom. The number of nitrogens with one attached hydrogen (secondary N) is 3. The zero-order valence-corrected chi connectivity index (χ0v) is 36.6. The van der Waals surface area contributed by atoms with Gasteiger partial charge in [-0.15, -0.1) is 0 Å². The molecule has 0 atom stereocenters. The Morgan fingerprint density at radius 2 is 1.63 bits per heavy atom. The third-order valence-electron chi connectivity index (χ3n) is 12.0. The van der Waals surface area contributed by atoms with E-state index in [4.69, 9.17) is 9.82 Å². The number of fused-ring (bicyclic) bond motifs is 1. The highest BCUT2D eigenvalue weighted by Crippen LogP contribution is 2.32. The first-order valence-electron chi connectivity index (χ1n) is 21.7. The lowest BCUT2D eigenvalue weighted by Crippen LogP contribution is -2.49. The number of H-pyrrole nitrogens is 1. The molecule has 0 bridgehead atoms. The van der Waals surface area contributed by atoms with Crippen LogP contribution in [-0.4, -0.2) is 114 Å². The number of carbonyl (C=O) groups is 3. The summed E-state index contributed by atoms with van der Waals surface area (Å²) in [5.41, 5.74) is 8.21. The van der Waals surface area contributed by atoms with E-state index in [1.54, 1.807) is 11.2 Å². The topological polar surface area (TPSA) is 177 Å². The number of benzene rings is 2. The lowest BCUT2D eigenvalue weighted by molar-refractivity contribution is -0.120. The van der Waals surface area contributed by atoms with Gasteiger partial charge in [-0.1, -0.05) is 38.1 Å². The molecule has 4 amide bonds. The van der Waals surface area contributed by atoms with Gasteiger partial charge in [-0.2, -0.15) is 0 Å². The molecule has 8 rings (SSSR count). The zero-order valence-electron chi connectivity index (χ0n) is 36.6. The van der Waals surface area contributed by atoms with Crippen molar-refractivity contribution in [3.8, 4) is 22.5 Å². The van der Waals surface area contributed by atoms with Gasteiger partial charge in [0.2, 0.25) is 5.91 Å². The third-order valence-corrected chi connectivity index (χ3v) is 12.0. The molecule has 5 aromatic rings. The van der Waals surface area contributed by atoms with Gasteiger partial charge in [0.15, 0.2) is 0 Å². The van der Waals surface area contributed by atoms with Gasteiger partial charge >= 0.3 is 17.8 Å². The van der Waals surface area contributed by atoms with Gasteiger partial charge in [0.25, 0.3) is 0 Å². The number of oxime groups is 1. The zero-order chi connectivity index (χ0) is 44.1. The molecular weight excluding hydrogens is 797 g/mol. The Hall–Kier alpha value is -6.68. The van der Waals surface area contributed by atoms with Crippen molar-refractivity contribution in [2.75, 3.05) is 73.6 Å². The van der Waals surface area contributed by atoms with Crippen LogP contribution in [0.25, 0.3) is 33.5 Å². The maximum atomic E-state index is 12.8. The minimum Gasteiger partial charge on any atom is -0.372 e. The number of hydrogen-bond acceptors (Lipinski definition) is 12. The van der Waals surface area contributed by atoms with Gasteiger partial charge < -0.3 is 24.9 Å². The van der Waals surface area contributed by atoms with Crippen LogP contribution in [0, 0.1) is 18.3 Å². The van der Waals surface area contributed by atoms with Crippen LogP contribution in [0.5, 0.6) is 0 Å². The van der Waals surface area contributed by atoms with Gasteiger partial charge in [0.05, 0.1) is 5.69 Å². The second kappa shape index (κ2) is 18.7. The minimum atomic E-state index is -0.452. The minimum absolute atomic E-state index is 0.112. The van der Waals surface area contributed by atoms with Crippen LogP contribution < -0.4 is 25.3 Å². The summed E-state index contributed by atoms with van der Waals surface area (Å²) in [6, 6.07) is 20.1. The smallest absolute Gasteiger partial charge is 0.328 e. The molecule has 0 saturated carbocycles. The predicted octanol–water partition coefficient (Wildman–Crippen LogP) is 6.17. The standard InChI is InChI=1S/C47H56N12O4/c1-31-24-33(6-7-34(31)26-50-44(61)45(63-48-5)51-29-47(2,3)4)42-38-25-39(54-43(38)53-30-52-42)35-8-13-40(49-27-35)58-22-20-56(21-23-58)28-32-14-17-57(18-15-32)36-9-11-37(12-10-36)59-19-16-41(60)55-46(59)62/h6-13,24-25,27,30,32H,5,14-23,26,28-29H2,1-4H3,(H,50,61)(H,52,53,54)(H,55,60,62)/b51-45-. The molecule has 3 aliphatic rings. The van der Waals surface area contributed by atoms with Crippen LogP contribution in [0.15, 0.2) is 83.3 Å². The molecule has 0 aliphatic carbocycles. The Labute approximate surface area is 367 Å². The molecule has 0 radical (unpaired) electrons. The maximum absolute atomic E-state index is 12.8. The van der Waals surface area contributed by atoms with E-state index in [0.717, 1.165) is 115 Å². The number of pyridine rings is 1. The highest BCUT2D eigenvalue weighted by molar-refractivity contribution is 6.35. The van der Waals surface area contributed by atoms with E-state index < -0.39 is 5.91 Å². The molecule has 16 heteroatoms. The van der Waals surface area contributed by atoms with E-state index in [9.17, 15) is 14.4 Å². The summed E-state index contributed by atoms with van der Waals surface area (Å²) in [5, 5.41) is 9.60. The molecule has 6 heterocycles. The van der Waals surface area contributed by atoms with Crippen LogP contribution in [0.1, 0.15) is 51.2 Å². The third kappa shape index (κ3) is 10.3. The fourth-order valence-electron chi connectivity index (χ4n) is 8.42. The van der Waals surface area contributed by atoms with Crippen LogP contribution in [0.4, 0.5) is 22.0 Å². The summed E-state index contributed by atoms with van der Waals surface area (Å²) in [6.07, 6.45) is 6.12. The van der Waals surface area contributed by atoms with Crippen LogP contribution in [-0.2, 0) is 21.0 Å². The number of amides is 4. The van der Waals surface area contributed by atoms with E-state index in [-0.39, 0.29) is 23.3 Å². The van der Waals surface area contributed by atoms with E-state index in [2.05, 4.69) is 93.5 Å². The summed E-state index contributed by atoms with van der Waals surface area (Å²) in [7, 11) is 0. The number of imide groups is 1. The van der Waals surface area contributed by atoms with Crippen molar-refractivity contribution in [3.05, 3.63) is 84.3 Å². The number of aromatic amines is 1. The van der Waals surface area contributed by atoms with E-state index >= 15 is 0 Å². The number of hydrogen-bond donors (Lipinski definition) is 3. The summed E-state index contributed by atoms with van der Waals surface area (Å²) < 4.78 is 0. The number of carbonyl (C=O) groups excluding carboxylic acids is 3. The van der Waals surface area contributed by atoms with Crippen molar-refractivity contribution in [2.45, 2.75) is 53.5 Å². The van der Waals surface area contributed by atoms with Gasteiger partial charge in [-0.25, -0.2) is 24.7 Å². The highest BCUT2D eigenvalue weighted by Gasteiger charge is 2.27. The quantitative estimate of drug-likeness (QED) is 0.0791. The van der Waals surface area contributed by atoms with E-state index in [1.165, 1.54) is 5.69 Å². The predicted molar refractivity (Wildman–Crippen MR) is 247 cm³/mol. The number of aromatic nitrogens is 4. The molecule has 3 saturated heterocycles. The normalized spacial score (nSPS) is 17.0. The van der Waals surface area contributed by atoms with E-state index in [0.29, 0.717) is 32.0 Å². The first-order chi connectivity index (χ1) is 30.4. The number of aliphatic imine (C=N–C) groups is 1. The average Bonchev–Trinajstić information content (AvgIpc) is 3.73. The molecule has 63 heavy (non-hydrogen) atoms. The number of anilines is 3. The van der Waals surface area contributed by atoms with Gasteiger partial charge in [-0.3, -0.25) is 24.7 Å². The molecule has 2 aromatic carbocycles. The molecule has 3 fully saturated rings. The largest absolute Gasteiger partial charge is 0.372 e. The molecule has 3 aromatic heterocycles. The first-order valence-corrected chi connectivity index (χ1v) is 21.7. The number of piperazine rings is 1. The number of rotatable bonds is 11. The lowest BCUT2D eigenvalue weighted by atomic mass is 9.95. The van der Waals surface area contributed by atoms with Crippen LogP contribution >= 0.6 is 0 Å². The van der Waals surface area contributed by atoms with Crippen molar-refractivity contribution in [2.24, 2.45) is 21.5 Å². The monoisotopic (exact) mass is 852 g/mol. The maximum Gasteiger partial charge on any atom is 0.328 e. The van der Waals surface area contributed by atoms with Gasteiger partial charge in [0.1, 0.15) is 17.8 Å². The van der Waals surface area contributed by atoms with Crippen molar-refractivity contribution >= 4 is 58.7 Å². The molecule has 3 N–H and O–H groups in total. The van der Waals surface area contributed by atoms with Crippen molar-refractivity contribution in [1.82, 2.24) is 35.5 Å². The SMILES string of the molecule is C=NO/C(=N\CC(C)(C)C)C(=O)NCc1ccc(-c2ncnc3[nH]c(-c4ccc(N5CCN(CC6CCN(c7ccc(N8CCC(=O)NC8=O)cc7)CC6)CC5)nc4)cc23)cc1C. The van der Waals surface area contributed by atoms with Crippen molar-refractivity contribution in [3.63, 3.8) is 0 Å². The van der Waals surface area contributed by atoms with Crippen molar-refractivity contribution in [1.29, 1.82) is 0 Å². The first kappa shape index (κ1) is 43.0. The molecule has 0 spiro atoms. The summed E-state index contributed by atoms with van der Waals surface area (Å²) >= 11 is 0. The Morgan fingerprint density at radius 3 is 2.32 bits per heavy atom. The fraction of sp³-hybridized carbons (Fsp3) is 0.404. The second-order valence-electron chi connectivity index (χ2n) is 17.8. The summed E-state index contributed by atoms with van der Waals surface area (Å²) in [4.78, 5) is 72.6. The number of urea groups is 1. The molecule has 3 aliphatic heterocycles. The number of piperidine rings is 1. The van der Waals surface area contributed by atoms with Gasteiger partial charge in [-0.05, 0) is 90.8 Å². The van der Waals surface area contributed by atoms with Crippen LogP contribution in [0.3, 0.4) is 0 Å². The number of aryl methyl sites for hydroxylation is 1. The van der Waals surface area contributed by atoms with Gasteiger partial charge in [0, 0.05) is 118 Å². The van der Waals surface area contributed by atoms with E-state index in [1.807, 2.05) is 58.2 Å². The Bertz CT molecular complexity index is 2480. The average molecular weight is 853 g/mol. The summed E-state index contributed by atoms with van der Waals surface area (Å²) in [6.45, 7) is 19.6. The molecular formula is C47H56N12O4. The Balaban J connectivity index is 0.821. The molecule has 0 unspecified atom stereocenters. The fourth-order valence-corrected chi connectivity index (χ4v) is 8.42. The highest BCUT2D eigenvalue weighted by atomic mass is 16.6. The van der Waals surface area contributed by atoms with Crippen LogP contribution in [0.2, 0.25) is 0 Å². The second-order valence-corrected chi connectivity index (χ2v) is 17.8.